The summed E-state index contributed by atoms with van der Waals surface area (Å²) in [5.41, 5.74) is 2.67. The smallest absolute Gasteiger partial charge is 0.237 e. The average Bonchev–Trinajstić information content (AvgIpc) is 3.80. The summed E-state index contributed by atoms with van der Waals surface area (Å²) < 4.78 is 33.8. The number of nitrogens with zero attached hydrogens (tertiary/aromatic N) is 1. The molecule has 2 aromatic carbocycles. The lowest BCUT2D eigenvalue weighted by atomic mass is 9.95. The highest BCUT2D eigenvalue weighted by molar-refractivity contribution is 7.98. The molecule has 2 fully saturated rings. The molecule has 4 rings (SSSR count). The number of ether oxygens (including phenoxy) is 1. The molecule has 0 spiro atoms. The highest BCUT2D eigenvalue weighted by Crippen LogP contribution is 2.45. The maximum atomic E-state index is 14.1. The molecule has 0 bridgehead atoms. The molecule has 0 aromatic heterocycles. The van der Waals surface area contributed by atoms with E-state index in [4.69, 9.17) is 4.74 Å². The van der Waals surface area contributed by atoms with E-state index in [-0.39, 0.29) is 30.5 Å². The van der Waals surface area contributed by atoms with Crippen LogP contribution < -0.4 is 10.6 Å². The van der Waals surface area contributed by atoms with Gasteiger partial charge in [-0.1, -0.05) is 31.2 Å². The third-order valence-electron chi connectivity index (χ3n) is 9.00. The van der Waals surface area contributed by atoms with Crippen molar-refractivity contribution in [2.45, 2.75) is 82.5 Å². The first-order chi connectivity index (χ1) is 20.8. The van der Waals surface area contributed by atoms with E-state index in [2.05, 4.69) is 46.7 Å². The molecule has 238 valence electrons. The van der Waals surface area contributed by atoms with Gasteiger partial charge in [0, 0.05) is 31.4 Å². The normalized spacial score (nSPS) is 19.1. The number of aliphatic hydroxyl groups is 1. The van der Waals surface area contributed by atoms with Crippen molar-refractivity contribution in [2.24, 2.45) is 5.92 Å². The Hall–Kier alpha value is -2.04. The summed E-state index contributed by atoms with van der Waals surface area (Å²) in [6.07, 6.45) is 6.72. The van der Waals surface area contributed by atoms with E-state index in [1.807, 2.05) is 13.2 Å². The Morgan fingerprint density at radius 1 is 1.12 bits per heavy atom. The fourth-order valence-corrected chi connectivity index (χ4v) is 6.65. The van der Waals surface area contributed by atoms with Crippen LogP contribution in [0.2, 0.25) is 0 Å². The Labute approximate surface area is 260 Å². The number of rotatable bonds is 17. The van der Waals surface area contributed by atoms with E-state index in [9.17, 15) is 18.7 Å². The second-order valence-corrected chi connectivity index (χ2v) is 13.1. The molecule has 3 atom stereocenters. The first-order valence-corrected chi connectivity index (χ1v) is 17.2. The van der Waals surface area contributed by atoms with Gasteiger partial charge in [-0.15, -0.1) is 0 Å². The molecule has 43 heavy (non-hydrogen) atoms. The quantitative estimate of drug-likeness (QED) is 0.231. The predicted octanol–water partition coefficient (Wildman–Crippen LogP) is 5.06. The van der Waals surface area contributed by atoms with Crippen LogP contribution >= 0.6 is 11.8 Å². The first-order valence-electron chi connectivity index (χ1n) is 15.9. The number of carbonyl (C=O) groups is 1. The maximum Gasteiger partial charge on any atom is 0.237 e. The van der Waals surface area contributed by atoms with Gasteiger partial charge in [0.25, 0.3) is 0 Å². The lowest BCUT2D eigenvalue weighted by Gasteiger charge is -2.38. The molecule has 1 aliphatic carbocycles. The summed E-state index contributed by atoms with van der Waals surface area (Å²) in [5, 5.41) is 18.2. The van der Waals surface area contributed by atoms with Crippen molar-refractivity contribution in [1.82, 2.24) is 15.5 Å². The Morgan fingerprint density at radius 3 is 2.47 bits per heavy atom. The molecule has 1 saturated heterocycles. The van der Waals surface area contributed by atoms with Crippen LogP contribution in [0.3, 0.4) is 0 Å². The molecular formula is C34H49F2N3O3S. The molecule has 1 amide bonds. The molecule has 1 saturated carbocycles. The number of benzene rings is 2. The van der Waals surface area contributed by atoms with Gasteiger partial charge in [-0.3, -0.25) is 9.69 Å². The van der Waals surface area contributed by atoms with Gasteiger partial charge in [0.2, 0.25) is 5.91 Å². The zero-order valence-electron chi connectivity index (χ0n) is 25.9. The molecule has 9 heteroatoms. The summed E-state index contributed by atoms with van der Waals surface area (Å²) in [7, 11) is 0. The molecule has 6 nitrogen and oxygen atoms in total. The van der Waals surface area contributed by atoms with Crippen molar-refractivity contribution in [2.75, 3.05) is 44.9 Å². The number of thioether (sulfide) groups is 1. The van der Waals surface area contributed by atoms with E-state index in [0.717, 1.165) is 63.6 Å². The number of amides is 1. The summed E-state index contributed by atoms with van der Waals surface area (Å²) in [6.45, 7) is 7.47. The van der Waals surface area contributed by atoms with E-state index in [1.54, 1.807) is 11.8 Å². The third-order valence-corrected chi connectivity index (χ3v) is 9.65. The SMILES string of the molecule is CCOCC1CCN([C@@H](CCSC)C(=O)N[C@@H](Cc2cc(F)cc(F)c2)[C@H](O)CNC2(c3cccc(CC)c3)CC2)CC1. The molecule has 2 aromatic rings. The van der Waals surface area contributed by atoms with Gasteiger partial charge in [-0.05, 0) is 112 Å². The molecular weight excluding hydrogens is 568 g/mol. The number of likely N-dealkylation sites (tertiary alicyclic amines) is 1. The van der Waals surface area contributed by atoms with Gasteiger partial charge < -0.3 is 20.5 Å². The Kier molecular flexibility index (Phi) is 12.8. The van der Waals surface area contributed by atoms with Crippen molar-refractivity contribution in [1.29, 1.82) is 0 Å². The van der Waals surface area contributed by atoms with Gasteiger partial charge in [0.1, 0.15) is 11.6 Å². The standard InChI is InChI=1S/C34H49F2N3O3S/c1-4-24-7-6-8-27(17-24)34(12-13-34)37-22-32(40)30(20-26-18-28(35)21-29(36)19-26)38-33(41)31(11-16-43-3)39-14-9-25(10-15-39)23-42-5-2/h6-8,17-19,21,25,30-32,37,40H,4-5,9-16,20,22-23H2,1-3H3,(H,38,41)/t30-,31-,32+/m0/s1. The van der Waals surface area contributed by atoms with Crippen molar-refractivity contribution in [3.8, 4) is 0 Å². The van der Waals surface area contributed by atoms with Crippen LogP contribution in [0, 0.1) is 17.6 Å². The molecule has 3 N–H and O–H groups in total. The Balaban J connectivity index is 1.47. The van der Waals surface area contributed by atoms with Crippen LogP contribution in [-0.2, 0) is 27.9 Å². The lowest BCUT2D eigenvalue weighted by molar-refractivity contribution is -0.128. The maximum absolute atomic E-state index is 14.1. The number of halogens is 2. The largest absolute Gasteiger partial charge is 0.390 e. The van der Waals surface area contributed by atoms with E-state index >= 15 is 0 Å². The molecule has 1 heterocycles. The minimum absolute atomic E-state index is 0.118. The monoisotopic (exact) mass is 617 g/mol. The fraction of sp³-hybridized carbons (Fsp3) is 0.618. The lowest BCUT2D eigenvalue weighted by Crippen LogP contribution is -2.56. The second-order valence-electron chi connectivity index (χ2n) is 12.1. The summed E-state index contributed by atoms with van der Waals surface area (Å²) in [4.78, 5) is 16.1. The second kappa shape index (κ2) is 16.3. The zero-order valence-corrected chi connectivity index (χ0v) is 26.7. The van der Waals surface area contributed by atoms with Crippen LogP contribution in [0.5, 0.6) is 0 Å². The summed E-state index contributed by atoms with van der Waals surface area (Å²) in [5.74, 6) is -0.159. The van der Waals surface area contributed by atoms with Crippen LogP contribution in [0.1, 0.15) is 62.6 Å². The van der Waals surface area contributed by atoms with Crippen LogP contribution in [0.25, 0.3) is 0 Å². The highest BCUT2D eigenvalue weighted by Gasteiger charge is 2.44. The van der Waals surface area contributed by atoms with Gasteiger partial charge in [-0.25, -0.2) is 8.78 Å². The number of aliphatic hydroxyl groups excluding tert-OH is 1. The van der Waals surface area contributed by atoms with Crippen molar-refractivity contribution >= 4 is 17.7 Å². The number of hydrogen-bond donors (Lipinski definition) is 3. The van der Waals surface area contributed by atoms with Crippen molar-refractivity contribution in [3.05, 3.63) is 70.8 Å². The van der Waals surface area contributed by atoms with Crippen LogP contribution in [0.4, 0.5) is 8.78 Å². The van der Waals surface area contributed by atoms with Gasteiger partial charge in [0.15, 0.2) is 0 Å². The topological polar surface area (TPSA) is 73.8 Å². The summed E-state index contributed by atoms with van der Waals surface area (Å²) >= 11 is 1.70. The van der Waals surface area contributed by atoms with Gasteiger partial charge in [-0.2, -0.15) is 11.8 Å². The fourth-order valence-electron chi connectivity index (χ4n) is 6.19. The van der Waals surface area contributed by atoms with E-state index in [1.165, 1.54) is 23.3 Å². The average molecular weight is 618 g/mol. The number of nitrogens with one attached hydrogen (secondary N) is 2. The highest BCUT2D eigenvalue weighted by atomic mass is 32.2. The predicted molar refractivity (Wildman–Crippen MR) is 170 cm³/mol. The summed E-state index contributed by atoms with van der Waals surface area (Å²) in [6, 6.07) is 10.9. The first kappa shape index (κ1) is 33.8. The number of hydrogen-bond acceptors (Lipinski definition) is 6. The minimum atomic E-state index is -0.958. The van der Waals surface area contributed by atoms with Crippen molar-refractivity contribution < 1.29 is 23.4 Å². The molecule has 0 unspecified atom stereocenters. The van der Waals surface area contributed by atoms with E-state index < -0.39 is 23.8 Å². The van der Waals surface area contributed by atoms with Crippen molar-refractivity contribution in [3.63, 3.8) is 0 Å². The van der Waals surface area contributed by atoms with E-state index in [0.29, 0.717) is 24.5 Å². The van der Waals surface area contributed by atoms with Crippen LogP contribution in [-0.4, -0.2) is 79.0 Å². The molecule has 2 aliphatic rings. The van der Waals surface area contributed by atoms with Gasteiger partial charge in [0.05, 0.1) is 18.2 Å². The van der Waals surface area contributed by atoms with Crippen LogP contribution in [0.15, 0.2) is 42.5 Å². The number of piperidine rings is 1. The minimum Gasteiger partial charge on any atom is -0.390 e. The molecule has 1 aliphatic heterocycles. The third kappa shape index (κ3) is 9.72. The number of carbonyl (C=O) groups excluding carboxylic acids is 1. The zero-order chi connectivity index (χ0) is 30.8. The number of aryl methyl sites for hydroxylation is 1. The van der Waals surface area contributed by atoms with Gasteiger partial charge >= 0.3 is 0 Å². The molecule has 0 radical (unpaired) electrons. The Morgan fingerprint density at radius 2 is 1.84 bits per heavy atom. The Bertz CT molecular complexity index is 1150.